The lowest BCUT2D eigenvalue weighted by Gasteiger charge is -2.17. The number of benzene rings is 10. The number of aromatic nitrogens is 2. The van der Waals surface area contributed by atoms with Crippen LogP contribution in [0.2, 0.25) is 0 Å². The van der Waals surface area contributed by atoms with Crippen LogP contribution in [0, 0.1) is 0 Å². The van der Waals surface area contributed by atoms with Gasteiger partial charge in [-0.3, -0.25) is 0 Å². The van der Waals surface area contributed by atoms with Crippen LogP contribution in [0.4, 0.5) is 0 Å². The van der Waals surface area contributed by atoms with E-state index in [2.05, 4.69) is 102 Å². The summed E-state index contributed by atoms with van der Waals surface area (Å²) in [6.45, 7) is 0. The summed E-state index contributed by atoms with van der Waals surface area (Å²) in [4.78, 5) is 0. The molecule has 0 radical (unpaired) electrons. The molecule has 0 saturated heterocycles. The summed E-state index contributed by atoms with van der Waals surface area (Å²) in [6.07, 6.45) is 0. The monoisotopic (exact) mass is 795 g/mol. The first-order valence-corrected chi connectivity index (χ1v) is 20.8. The Bertz CT molecular complexity index is 4000. The van der Waals surface area contributed by atoms with Crippen molar-refractivity contribution in [2.24, 2.45) is 0 Å². The lowest BCUT2D eigenvalue weighted by atomic mass is 9.96. The summed E-state index contributed by atoms with van der Waals surface area (Å²) >= 11 is 0. The lowest BCUT2D eigenvalue weighted by molar-refractivity contribution is 1.18. The molecule has 0 unspecified atom stereocenters. The molecule has 0 atom stereocenters. The van der Waals surface area contributed by atoms with E-state index >= 15 is 0 Å². The zero-order valence-electron chi connectivity index (χ0n) is 40.4. The van der Waals surface area contributed by atoms with Crippen molar-refractivity contribution in [3.05, 3.63) is 242 Å². The Morgan fingerprint density at radius 2 is 0.871 bits per heavy atom. The third-order valence-corrected chi connectivity index (χ3v) is 12.0. The summed E-state index contributed by atoms with van der Waals surface area (Å²) in [7, 11) is 0. The Balaban J connectivity index is 1.13. The fraction of sp³-hybridized carbons (Fsp3) is 0. The first-order chi connectivity index (χ1) is 33.7. The van der Waals surface area contributed by atoms with E-state index < -0.39 is 12.1 Å². The molecule has 12 rings (SSSR count). The SMILES string of the molecule is [2H]c1c([2H])c([2H])c2c(c1[2H])c1c([2H])c(-c3ccc4c(c3)c3cccc(-c5ccccc5)c3n4-c3ccc(-c4ccccc4)cc3-c3ccccc3)c([2H])c([2H])c1n2-c1ccc(-c2ccccc2)cc1. The van der Waals surface area contributed by atoms with Gasteiger partial charge in [0.15, 0.2) is 0 Å². The fourth-order valence-corrected chi connectivity index (χ4v) is 9.07. The Kier molecular flexibility index (Phi) is 6.95. The van der Waals surface area contributed by atoms with Crippen molar-refractivity contribution >= 4 is 43.6 Å². The predicted molar refractivity (Wildman–Crippen MR) is 262 cm³/mol. The Labute approximate surface area is 370 Å². The van der Waals surface area contributed by atoms with Crippen LogP contribution in [0.25, 0.3) is 111 Å². The molecule has 0 aliphatic carbocycles. The Morgan fingerprint density at radius 1 is 0.306 bits per heavy atom. The highest BCUT2D eigenvalue weighted by Gasteiger charge is 2.21. The van der Waals surface area contributed by atoms with E-state index in [0.29, 0.717) is 11.3 Å². The van der Waals surface area contributed by atoms with Gasteiger partial charge in [0.2, 0.25) is 0 Å². The van der Waals surface area contributed by atoms with Crippen LogP contribution >= 0.6 is 0 Å². The molecule has 0 N–H and O–H groups in total. The number of para-hydroxylation sites is 2. The van der Waals surface area contributed by atoms with Crippen LogP contribution in [0.15, 0.2) is 242 Å². The van der Waals surface area contributed by atoms with Crippen LogP contribution in [0.1, 0.15) is 9.60 Å². The predicted octanol–water partition coefficient (Wildman–Crippen LogP) is 16.2. The van der Waals surface area contributed by atoms with E-state index in [1.54, 1.807) is 4.57 Å². The van der Waals surface area contributed by atoms with Crippen molar-refractivity contribution in [3.63, 3.8) is 0 Å². The van der Waals surface area contributed by atoms with Gasteiger partial charge in [0.25, 0.3) is 0 Å². The second-order valence-corrected chi connectivity index (χ2v) is 15.5. The molecule has 2 aromatic heterocycles. The maximum Gasteiger partial charge on any atom is 0.0645 e. The molecule has 10 aromatic carbocycles. The van der Waals surface area contributed by atoms with E-state index in [-0.39, 0.29) is 57.6 Å². The van der Waals surface area contributed by atoms with Crippen LogP contribution in [-0.4, -0.2) is 9.13 Å². The molecule has 2 nitrogen and oxygen atoms in total. The summed E-state index contributed by atoms with van der Waals surface area (Å²) in [5.41, 5.74) is 12.9. The van der Waals surface area contributed by atoms with Crippen molar-refractivity contribution in [2.45, 2.75) is 0 Å². The minimum atomic E-state index is -0.427. The van der Waals surface area contributed by atoms with Crippen molar-refractivity contribution in [1.82, 2.24) is 9.13 Å². The Morgan fingerprint density at radius 3 is 1.58 bits per heavy atom. The van der Waals surface area contributed by atoms with Gasteiger partial charge in [0.1, 0.15) is 0 Å². The quantitative estimate of drug-likeness (QED) is 0.152. The van der Waals surface area contributed by atoms with Gasteiger partial charge in [-0.05, 0) is 99.0 Å². The number of fused-ring (bicyclic) bond motifs is 6. The minimum absolute atomic E-state index is 0.0865. The van der Waals surface area contributed by atoms with Crippen molar-refractivity contribution in [2.75, 3.05) is 0 Å². The van der Waals surface area contributed by atoms with Gasteiger partial charge in [-0.15, -0.1) is 0 Å². The largest absolute Gasteiger partial charge is 0.309 e. The molecule has 2 heteroatoms. The molecular formula is C60H40N2. The van der Waals surface area contributed by atoms with E-state index in [1.807, 2.05) is 103 Å². The van der Waals surface area contributed by atoms with Crippen LogP contribution in [0.3, 0.4) is 0 Å². The van der Waals surface area contributed by atoms with Crippen LogP contribution in [0.5, 0.6) is 0 Å². The summed E-state index contributed by atoms with van der Waals surface area (Å²) < 4.78 is 69.3. The van der Waals surface area contributed by atoms with Gasteiger partial charge in [0, 0.05) is 38.4 Å². The normalized spacial score (nSPS) is 13.1. The molecular weight excluding hydrogens is 749 g/mol. The number of hydrogen-bond acceptors (Lipinski definition) is 0. The molecule has 0 spiro atoms. The van der Waals surface area contributed by atoms with E-state index in [4.69, 9.17) is 2.74 Å². The molecule has 2 heterocycles. The van der Waals surface area contributed by atoms with Crippen molar-refractivity contribution in [1.29, 1.82) is 0 Å². The topological polar surface area (TPSA) is 9.86 Å². The van der Waals surface area contributed by atoms with Gasteiger partial charge in [-0.2, -0.15) is 0 Å². The summed E-state index contributed by atoms with van der Waals surface area (Å²) in [5.74, 6) is 0. The molecule has 0 bridgehead atoms. The van der Waals surface area contributed by atoms with E-state index in [0.717, 1.165) is 72.0 Å². The van der Waals surface area contributed by atoms with E-state index in [1.165, 1.54) is 0 Å². The summed E-state index contributed by atoms with van der Waals surface area (Å²) in [5, 5.41) is 2.19. The molecule has 0 aliphatic rings. The highest BCUT2D eigenvalue weighted by atomic mass is 15.0. The zero-order chi connectivity index (χ0) is 47.1. The maximum atomic E-state index is 10.0. The number of rotatable bonds is 7. The van der Waals surface area contributed by atoms with Crippen molar-refractivity contribution in [3.8, 4) is 67.0 Å². The van der Waals surface area contributed by atoms with Gasteiger partial charge >= 0.3 is 0 Å². The van der Waals surface area contributed by atoms with Gasteiger partial charge in [-0.1, -0.05) is 188 Å². The second kappa shape index (κ2) is 14.8. The first-order valence-electron chi connectivity index (χ1n) is 24.3. The average Bonchev–Trinajstić information content (AvgIpc) is 3.94. The van der Waals surface area contributed by atoms with Gasteiger partial charge in [-0.25, -0.2) is 0 Å². The third kappa shape index (κ3) is 5.96. The average molecular weight is 796 g/mol. The third-order valence-electron chi connectivity index (χ3n) is 12.0. The zero-order valence-corrected chi connectivity index (χ0v) is 33.4. The molecule has 0 aliphatic heterocycles. The van der Waals surface area contributed by atoms with Gasteiger partial charge in [0.05, 0.1) is 37.3 Å². The van der Waals surface area contributed by atoms with Crippen LogP contribution in [-0.2, 0) is 0 Å². The molecule has 62 heavy (non-hydrogen) atoms. The second-order valence-electron chi connectivity index (χ2n) is 15.5. The lowest BCUT2D eigenvalue weighted by Crippen LogP contribution is -1.99. The number of nitrogens with zero attached hydrogens (tertiary/aromatic N) is 2. The smallest absolute Gasteiger partial charge is 0.0645 e. The molecule has 0 fully saturated rings. The molecule has 12 aromatic rings. The summed E-state index contributed by atoms with van der Waals surface area (Å²) in [6, 6.07) is 65.6. The first kappa shape index (κ1) is 29.1. The maximum absolute atomic E-state index is 10.0. The van der Waals surface area contributed by atoms with Crippen LogP contribution < -0.4 is 0 Å². The molecule has 290 valence electrons. The highest BCUT2D eigenvalue weighted by molar-refractivity contribution is 6.16. The highest BCUT2D eigenvalue weighted by Crippen LogP contribution is 2.43. The van der Waals surface area contributed by atoms with Crippen molar-refractivity contribution < 1.29 is 9.60 Å². The van der Waals surface area contributed by atoms with E-state index in [9.17, 15) is 6.85 Å². The van der Waals surface area contributed by atoms with Gasteiger partial charge < -0.3 is 9.13 Å². The molecule has 0 amide bonds. The Hall–Kier alpha value is -8.20. The molecule has 0 saturated carbocycles. The fourth-order valence-electron chi connectivity index (χ4n) is 9.07. The number of hydrogen-bond donors (Lipinski definition) is 0. The minimum Gasteiger partial charge on any atom is -0.309 e. The standard InChI is InChI=1S/C60H40N2/c1-5-16-41(17-6-1)43-28-33-49(34-29-43)61-56-27-14-13-24-51(56)54-39-47(31-36-58(54)61)48-32-37-59-55(40-48)52-26-15-25-50(44-20-9-3-10-21-44)60(52)62(59)57-35-30-46(42-18-7-2-8-19-42)38-53(57)45-22-11-4-12-23-45/h1-40H/i13D,14D,24D,27D,31D,36D,39D.